The fraction of sp³-hybridized carbons (Fsp3) is 0. The third kappa shape index (κ3) is 1.23. The van der Waals surface area contributed by atoms with Crippen LogP contribution in [0.25, 0.3) is 4.98 Å². The Morgan fingerprint density at radius 1 is 1.50 bits per heavy atom. The molecule has 0 atom stereocenters. The van der Waals surface area contributed by atoms with Crippen LogP contribution in [0.2, 0.25) is 5.02 Å². The zero-order valence-electron chi connectivity index (χ0n) is 4.88. The monoisotopic (exact) mass is 157 g/mol. The molecule has 0 fully saturated rings. The Labute approximate surface area is 61.9 Å². The van der Waals surface area contributed by atoms with E-state index in [1.807, 2.05) is 0 Å². The Bertz CT molecular complexity index is 292. The Morgan fingerprint density at radius 3 is 2.70 bits per heavy atom. The first-order valence-corrected chi connectivity index (χ1v) is 2.92. The second-order valence-electron chi connectivity index (χ2n) is 1.70. The van der Waals surface area contributed by atoms with Crippen molar-refractivity contribution in [3.05, 3.63) is 34.0 Å². The minimum absolute atomic E-state index is 0.146. The van der Waals surface area contributed by atoms with Crippen molar-refractivity contribution in [2.75, 3.05) is 0 Å². The van der Waals surface area contributed by atoms with Gasteiger partial charge < -0.3 is 0 Å². The van der Waals surface area contributed by atoms with E-state index in [-0.39, 0.29) is 5.69 Å². The van der Waals surface area contributed by atoms with Gasteiger partial charge in [0.2, 0.25) is 11.2 Å². The van der Waals surface area contributed by atoms with Crippen molar-refractivity contribution in [1.29, 1.82) is 5.39 Å². The maximum absolute atomic E-state index is 12.5. The topological polar surface area (TPSA) is 28.1 Å². The van der Waals surface area contributed by atoms with Gasteiger partial charge in [0.15, 0.2) is 4.98 Å². The summed E-state index contributed by atoms with van der Waals surface area (Å²) in [6.45, 7) is 0. The molecule has 0 bridgehead atoms. The van der Waals surface area contributed by atoms with E-state index >= 15 is 0 Å². The molecular weight excluding hydrogens is 155 g/mol. The van der Waals surface area contributed by atoms with Crippen LogP contribution in [0.15, 0.2) is 18.2 Å². The summed E-state index contributed by atoms with van der Waals surface area (Å²) < 4.78 is 12.5. The Kier molecular flexibility index (Phi) is 1.83. The van der Waals surface area contributed by atoms with E-state index in [1.165, 1.54) is 12.1 Å². The highest BCUT2D eigenvalue weighted by Crippen LogP contribution is 2.21. The highest BCUT2D eigenvalue weighted by atomic mass is 35.5. The molecule has 0 radical (unpaired) electrons. The summed E-state index contributed by atoms with van der Waals surface area (Å²) in [6.07, 6.45) is 0. The average Bonchev–Trinajstić information content (AvgIpc) is 1.94. The van der Waals surface area contributed by atoms with Crippen molar-refractivity contribution in [2.24, 2.45) is 0 Å². The Balaban J connectivity index is 3.25. The van der Waals surface area contributed by atoms with Crippen molar-refractivity contribution in [2.45, 2.75) is 0 Å². The van der Waals surface area contributed by atoms with Gasteiger partial charge in [-0.2, -0.15) is 4.39 Å². The second kappa shape index (κ2) is 2.63. The predicted molar refractivity (Wildman–Crippen MR) is 36.2 cm³/mol. The van der Waals surface area contributed by atoms with Gasteiger partial charge in [0.25, 0.3) is 0 Å². The summed E-state index contributed by atoms with van der Waals surface area (Å²) in [4.78, 5) is 2.67. The Morgan fingerprint density at radius 2 is 2.20 bits per heavy atom. The number of halogens is 2. The van der Waals surface area contributed by atoms with Crippen LogP contribution >= 0.6 is 11.6 Å². The Hall–Kier alpha value is -1.14. The first-order valence-electron chi connectivity index (χ1n) is 2.54. The molecule has 1 rings (SSSR count). The number of rotatable bonds is 0. The predicted octanol–water partition coefficient (Wildman–Crippen LogP) is 2.96. The molecule has 4 heteroatoms. The van der Waals surface area contributed by atoms with Crippen molar-refractivity contribution in [3.63, 3.8) is 0 Å². The van der Waals surface area contributed by atoms with Crippen molar-refractivity contribution in [3.8, 4) is 0 Å². The molecule has 0 aliphatic heterocycles. The van der Waals surface area contributed by atoms with Crippen molar-refractivity contribution >= 4 is 17.3 Å². The van der Waals surface area contributed by atoms with E-state index in [4.69, 9.17) is 17.0 Å². The zero-order chi connectivity index (χ0) is 7.56. The van der Waals surface area contributed by atoms with Crippen molar-refractivity contribution < 1.29 is 4.39 Å². The molecule has 1 aromatic carbocycles. The van der Waals surface area contributed by atoms with Gasteiger partial charge in [0.05, 0.1) is 6.07 Å². The van der Waals surface area contributed by atoms with Crippen LogP contribution in [0.1, 0.15) is 0 Å². The first kappa shape index (κ1) is 6.97. The second-order valence-corrected chi connectivity index (χ2v) is 2.13. The molecule has 0 saturated heterocycles. The normalized spacial score (nSPS) is 8.90. The maximum atomic E-state index is 12.5. The van der Waals surface area contributed by atoms with Gasteiger partial charge in [-0.15, -0.1) is 0 Å². The van der Waals surface area contributed by atoms with Gasteiger partial charge in [0, 0.05) is 5.02 Å². The lowest BCUT2D eigenvalue weighted by atomic mass is 10.3. The van der Waals surface area contributed by atoms with Gasteiger partial charge in [-0.3, -0.25) is 0 Å². The average molecular weight is 158 g/mol. The first-order chi connectivity index (χ1) is 4.74. The lowest BCUT2D eigenvalue weighted by molar-refractivity contribution is 0.633. The summed E-state index contributed by atoms with van der Waals surface area (Å²) in [5, 5.41) is 8.51. The molecule has 0 aliphatic carbocycles. The van der Waals surface area contributed by atoms with Gasteiger partial charge in [-0.1, -0.05) is 11.6 Å². The van der Waals surface area contributed by atoms with E-state index in [0.717, 1.165) is 6.07 Å². The summed E-state index contributed by atoms with van der Waals surface area (Å²) in [7, 11) is 0. The van der Waals surface area contributed by atoms with Crippen molar-refractivity contribution in [1.82, 2.24) is 0 Å². The summed E-state index contributed by atoms with van der Waals surface area (Å²) in [5.74, 6) is -0.591. The fourth-order valence-electron chi connectivity index (χ4n) is 0.562. The van der Waals surface area contributed by atoms with Gasteiger partial charge >= 0.3 is 5.69 Å². The number of nitrogens with zero attached hydrogens (tertiary/aromatic N) is 2. The lowest BCUT2D eigenvalue weighted by Crippen LogP contribution is -1.71. The van der Waals surface area contributed by atoms with Crippen LogP contribution in [-0.2, 0) is 0 Å². The highest BCUT2D eigenvalue weighted by molar-refractivity contribution is 6.30. The molecule has 2 nitrogen and oxygen atoms in total. The molecule has 10 heavy (non-hydrogen) atoms. The summed E-state index contributed by atoms with van der Waals surface area (Å²) >= 11 is 5.46. The number of benzene rings is 1. The van der Waals surface area contributed by atoms with E-state index in [2.05, 4.69) is 4.98 Å². The van der Waals surface area contributed by atoms with E-state index < -0.39 is 5.82 Å². The fourth-order valence-corrected chi connectivity index (χ4v) is 0.729. The van der Waals surface area contributed by atoms with Crippen LogP contribution in [0.3, 0.4) is 0 Å². The van der Waals surface area contributed by atoms with Crippen LogP contribution in [0.5, 0.6) is 0 Å². The molecule has 0 unspecified atom stereocenters. The molecule has 1 aromatic rings. The van der Waals surface area contributed by atoms with E-state index in [1.54, 1.807) is 0 Å². The quantitative estimate of drug-likeness (QED) is 0.532. The molecular formula is C6H3ClFN2+. The molecule has 0 aliphatic rings. The maximum Gasteiger partial charge on any atom is 0.421 e. The van der Waals surface area contributed by atoms with E-state index in [9.17, 15) is 4.39 Å². The largest absolute Gasteiger partial charge is 0.421 e. The standard InChI is InChI=1S/C6H3ClFN2/c7-4-1-2-5(8)6(3-4)10-9/h1-3H/q+1. The van der Waals surface area contributed by atoms with Crippen LogP contribution in [-0.4, -0.2) is 0 Å². The smallest absolute Gasteiger partial charge is 0.198 e. The SMILES string of the molecule is N#[N+]c1cc(Cl)ccc1F. The zero-order valence-corrected chi connectivity index (χ0v) is 5.64. The van der Waals surface area contributed by atoms with Crippen LogP contribution in [0.4, 0.5) is 10.1 Å². The molecule has 50 valence electrons. The lowest BCUT2D eigenvalue weighted by Gasteiger charge is -1.83. The number of hydrogen-bond donors (Lipinski definition) is 0. The molecule has 0 amide bonds. The van der Waals surface area contributed by atoms with Gasteiger partial charge in [-0.25, -0.2) is 0 Å². The molecule has 0 spiro atoms. The summed E-state index contributed by atoms with van der Waals surface area (Å²) in [6, 6.07) is 3.75. The molecule has 0 heterocycles. The minimum Gasteiger partial charge on any atom is -0.198 e. The third-order valence-corrected chi connectivity index (χ3v) is 1.25. The van der Waals surface area contributed by atoms with Crippen LogP contribution < -0.4 is 0 Å². The van der Waals surface area contributed by atoms with Crippen LogP contribution in [0, 0.1) is 11.2 Å². The van der Waals surface area contributed by atoms with E-state index in [0.29, 0.717) is 5.02 Å². The van der Waals surface area contributed by atoms with Gasteiger partial charge in [-0.05, 0) is 12.1 Å². The minimum atomic E-state index is -0.591. The van der Waals surface area contributed by atoms with Gasteiger partial charge in [0.1, 0.15) is 0 Å². The third-order valence-electron chi connectivity index (χ3n) is 1.02. The summed E-state index contributed by atoms with van der Waals surface area (Å²) in [5.41, 5.74) is -0.146. The highest BCUT2D eigenvalue weighted by Gasteiger charge is 2.12. The number of diazo groups is 1. The number of hydrogen-bond acceptors (Lipinski definition) is 1. The molecule has 0 N–H and O–H groups in total. The molecule has 0 saturated carbocycles. The molecule has 0 aromatic heterocycles.